The molecule has 0 fully saturated rings. The van der Waals surface area contributed by atoms with Gasteiger partial charge in [-0.15, -0.1) is 0 Å². The van der Waals surface area contributed by atoms with Gasteiger partial charge in [0.1, 0.15) is 11.5 Å². The molecule has 1 amide bonds. The van der Waals surface area contributed by atoms with E-state index in [-0.39, 0.29) is 10.9 Å². The monoisotopic (exact) mass is 310 g/mol. The molecule has 6 heteroatoms. The molecule has 0 aliphatic rings. The molecule has 1 rings (SSSR count). The third-order valence-electron chi connectivity index (χ3n) is 3.77. The Balaban J connectivity index is 3.10. The number of anilines is 1. The van der Waals surface area contributed by atoms with Crippen LogP contribution in [0.2, 0.25) is 0 Å². The summed E-state index contributed by atoms with van der Waals surface area (Å²) in [5.74, 6) is 0.951. The summed E-state index contributed by atoms with van der Waals surface area (Å²) in [6, 6.07) is 5.18. The van der Waals surface area contributed by atoms with Gasteiger partial charge in [0.05, 0.1) is 30.3 Å². The lowest BCUT2D eigenvalue weighted by Gasteiger charge is -2.29. The molecule has 3 N–H and O–H groups in total. The lowest BCUT2D eigenvalue weighted by Crippen LogP contribution is -2.45. The molecule has 5 nitrogen and oxygen atoms in total. The highest BCUT2D eigenvalue weighted by Gasteiger charge is 2.38. The molecule has 0 aliphatic heterocycles. The van der Waals surface area contributed by atoms with Crippen LogP contribution >= 0.6 is 12.2 Å². The number of hydrogen-bond acceptors (Lipinski definition) is 4. The van der Waals surface area contributed by atoms with Crippen molar-refractivity contribution in [1.29, 1.82) is 0 Å². The molecule has 21 heavy (non-hydrogen) atoms. The number of benzene rings is 1. The molecular formula is C15H22N2O3S. The Hall–Kier alpha value is -1.82. The van der Waals surface area contributed by atoms with Crippen molar-refractivity contribution in [3.05, 3.63) is 18.2 Å². The first-order valence-corrected chi connectivity index (χ1v) is 7.19. The zero-order valence-electron chi connectivity index (χ0n) is 12.9. The Morgan fingerprint density at radius 3 is 2.33 bits per heavy atom. The van der Waals surface area contributed by atoms with E-state index in [4.69, 9.17) is 27.4 Å². The van der Waals surface area contributed by atoms with E-state index in [1.165, 1.54) is 7.11 Å². The predicted molar refractivity (Wildman–Crippen MR) is 88.0 cm³/mol. The van der Waals surface area contributed by atoms with Gasteiger partial charge in [0, 0.05) is 6.07 Å². The third-order valence-corrected chi connectivity index (χ3v) is 4.16. The Kier molecular flexibility index (Phi) is 5.96. The Bertz CT molecular complexity index is 528. The highest BCUT2D eigenvalue weighted by molar-refractivity contribution is 7.80. The molecule has 0 saturated carbocycles. The maximum absolute atomic E-state index is 12.6. The quantitative estimate of drug-likeness (QED) is 0.758. The van der Waals surface area contributed by atoms with Gasteiger partial charge in [0.25, 0.3) is 0 Å². The van der Waals surface area contributed by atoms with Crippen LogP contribution in [0, 0.1) is 5.41 Å². The molecule has 0 radical (unpaired) electrons. The number of amides is 1. The minimum absolute atomic E-state index is 0.206. The van der Waals surface area contributed by atoms with Crippen LogP contribution in [0.4, 0.5) is 5.69 Å². The van der Waals surface area contributed by atoms with Crippen LogP contribution in [-0.4, -0.2) is 25.1 Å². The maximum atomic E-state index is 12.6. The first-order valence-electron chi connectivity index (χ1n) is 6.78. The van der Waals surface area contributed by atoms with Gasteiger partial charge in [-0.2, -0.15) is 0 Å². The van der Waals surface area contributed by atoms with Crippen molar-refractivity contribution in [2.45, 2.75) is 26.7 Å². The van der Waals surface area contributed by atoms with E-state index in [0.29, 0.717) is 30.0 Å². The number of carbonyl (C=O) groups excluding carboxylic acids is 1. The number of methoxy groups -OCH3 is 2. The summed E-state index contributed by atoms with van der Waals surface area (Å²) in [4.78, 5) is 12.8. The molecule has 0 saturated heterocycles. The van der Waals surface area contributed by atoms with Gasteiger partial charge in [-0.25, -0.2) is 0 Å². The summed E-state index contributed by atoms with van der Waals surface area (Å²) >= 11 is 5.09. The van der Waals surface area contributed by atoms with Crippen LogP contribution in [0.5, 0.6) is 11.5 Å². The average Bonchev–Trinajstić information content (AvgIpc) is 2.49. The normalized spacial score (nSPS) is 10.9. The second kappa shape index (κ2) is 7.26. The van der Waals surface area contributed by atoms with Crippen molar-refractivity contribution in [3.8, 4) is 11.5 Å². The lowest BCUT2D eigenvalue weighted by molar-refractivity contribution is -0.122. The minimum atomic E-state index is -0.847. The number of ether oxygens (including phenoxy) is 2. The first-order chi connectivity index (χ1) is 9.94. The van der Waals surface area contributed by atoms with Gasteiger partial charge in [-0.1, -0.05) is 26.1 Å². The highest BCUT2D eigenvalue weighted by Crippen LogP contribution is 2.33. The smallest absolute Gasteiger partial charge is 0.237 e. The van der Waals surface area contributed by atoms with Gasteiger partial charge in [0.2, 0.25) is 5.91 Å². The van der Waals surface area contributed by atoms with Gasteiger partial charge in [-0.3, -0.25) is 4.79 Å². The van der Waals surface area contributed by atoms with E-state index >= 15 is 0 Å². The fourth-order valence-corrected chi connectivity index (χ4v) is 2.56. The van der Waals surface area contributed by atoms with Crippen molar-refractivity contribution in [2.24, 2.45) is 11.1 Å². The molecule has 1 aromatic carbocycles. The maximum Gasteiger partial charge on any atom is 0.237 e. The van der Waals surface area contributed by atoms with Crippen molar-refractivity contribution in [1.82, 2.24) is 0 Å². The van der Waals surface area contributed by atoms with Gasteiger partial charge in [-0.05, 0) is 25.0 Å². The Morgan fingerprint density at radius 2 is 1.90 bits per heavy atom. The van der Waals surface area contributed by atoms with Crippen LogP contribution in [0.15, 0.2) is 18.2 Å². The van der Waals surface area contributed by atoms with Crippen LogP contribution in [0.3, 0.4) is 0 Å². The SMILES string of the molecule is CCC(CC)(C(=O)Nc1ccc(OC)cc1OC)C(N)=S. The fourth-order valence-electron chi connectivity index (χ4n) is 2.18. The summed E-state index contributed by atoms with van der Waals surface area (Å²) in [7, 11) is 3.10. The molecule has 0 bridgehead atoms. The molecule has 1 aromatic rings. The van der Waals surface area contributed by atoms with Crippen LogP contribution in [0.1, 0.15) is 26.7 Å². The van der Waals surface area contributed by atoms with Crippen molar-refractivity contribution >= 4 is 28.8 Å². The largest absolute Gasteiger partial charge is 0.497 e. The molecular weight excluding hydrogens is 288 g/mol. The summed E-state index contributed by atoms with van der Waals surface area (Å²) in [6.45, 7) is 3.79. The average molecular weight is 310 g/mol. The molecule has 0 aliphatic carbocycles. The van der Waals surface area contributed by atoms with E-state index in [9.17, 15) is 4.79 Å². The Labute approximate surface area is 130 Å². The number of thiocarbonyl (C=S) groups is 1. The number of carbonyl (C=O) groups is 1. The summed E-state index contributed by atoms with van der Waals surface area (Å²) in [5, 5.41) is 2.85. The third kappa shape index (κ3) is 3.44. The first kappa shape index (κ1) is 17.2. The standard InChI is InChI=1S/C15H22N2O3S/c1-5-15(6-2,13(16)21)14(18)17-11-8-7-10(19-3)9-12(11)20-4/h7-9H,5-6H2,1-4H3,(H2,16,21)(H,17,18). The number of nitrogens with two attached hydrogens (primary N) is 1. The molecule has 0 spiro atoms. The molecule has 116 valence electrons. The van der Waals surface area contributed by atoms with Crippen molar-refractivity contribution < 1.29 is 14.3 Å². The second-order valence-electron chi connectivity index (χ2n) is 4.67. The minimum Gasteiger partial charge on any atom is -0.497 e. The number of nitrogens with one attached hydrogen (secondary N) is 1. The van der Waals surface area contributed by atoms with Crippen LogP contribution in [0.25, 0.3) is 0 Å². The number of rotatable bonds is 7. The lowest BCUT2D eigenvalue weighted by atomic mass is 9.81. The topological polar surface area (TPSA) is 73.6 Å². The van der Waals surface area contributed by atoms with Crippen LogP contribution in [-0.2, 0) is 4.79 Å². The molecule has 0 atom stereocenters. The van der Waals surface area contributed by atoms with E-state index < -0.39 is 5.41 Å². The zero-order chi connectivity index (χ0) is 16.0. The Morgan fingerprint density at radius 1 is 1.29 bits per heavy atom. The van der Waals surface area contributed by atoms with Gasteiger partial charge < -0.3 is 20.5 Å². The second-order valence-corrected chi connectivity index (χ2v) is 5.11. The summed E-state index contributed by atoms with van der Waals surface area (Å²) < 4.78 is 10.4. The van der Waals surface area contributed by atoms with Crippen molar-refractivity contribution in [3.63, 3.8) is 0 Å². The summed E-state index contributed by atoms with van der Waals surface area (Å²) in [6.07, 6.45) is 1.09. The number of hydrogen-bond donors (Lipinski definition) is 2. The highest BCUT2D eigenvalue weighted by atomic mass is 32.1. The molecule has 0 aromatic heterocycles. The molecule has 0 unspecified atom stereocenters. The van der Waals surface area contributed by atoms with E-state index in [2.05, 4.69) is 5.32 Å². The zero-order valence-corrected chi connectivity index (χ0v) is 13.7. The van der Waals surface area contributed by atoms with E-state index in [1.54, 1.807) is 25.3 Å². The van der Waals surface area contributed by atoms with Crippen molar-refractivity contribution in [2.75, 3.05) is 19.5 Å². The van der Waals surface area contributed by atoms with E-state index in [1.807, 2.05) is 13.8 Å². The van der Waals surface area contributed by atoms with Gasteiger partial charge in [0.15, 0.2) is 0 Å². The fraction of sp³-hybridized carbons (Fsp3) is 0.467. The molecule has 0 heterocycles. The van der Waals surface area contributed by atoms with Gasteiger partial charge >= 0.3 is 0 Å². The predicted octanol–water partition coefficient (Wildman–Crippen LogP) is 2.73. The summed E-state index contributed by atoms with van der Waals surface area (Å²) in [5.41, 5.74) is 5.50. The van der Waals surface area contributed by atoms with Crippen LogP contribution < -0.4 is 20.5 Å². The van der Waals surface area contributed by atoms with E-state index in [0.717, 1.165) is 0 Å².